The lowest BCUT2D eigenvalue weighted by molar-refractivity contribution is -0.131. The molecule has 0 saturated carbocycles. The second-order valence-corrected chi connectivity index (χ2v) is 5.00. The maximum Gasteiger partial charge on any atom is 0.328 e. The highest BCUT2D eigenvalue weighted by Crippen LogP contribution is 2.29. The number of aliphatic carboxylic acids is 1. The van der Waals surface area contributed by atoms with E-state index in [0.717, 1.165) is 18.9 Å². The first kappa shape index (κ1) is 16.6. The molecule has 0 bridgehead atoms. The number of carboxylic acid groups (broad SMARTS) is 1. The van der Waals surface area contributed by atoms with E-state index in [9.17, 15) is 4.79 Å². The fourth-order valence-electron chi connectivity index (χ4n) is 1.85. The van der Waals surface area contributed by atoms with E-state index in [4.69, 9.17) is 21.4 Å². The van der Waals surface area contributed by atoms with Crippen LogP contribution >= 0.6 is 11.6 Å². The molecule has 1 aromatic rings. The first-order valence-corrected chi connectivity index (χ1v) is 7.35. The van der Waals surface area contributed by atoms with Crippen molar-refractivity contribution in [3.63, 3.8) is 0 Å². The Morgan fingerprint density at radius 2 is 2.05 bits per heavy atom. The van der Waals surface area contributed by atoms with Gasteiger partial charge >= 0.3 is 5.97 Å². The van der Waals surface area contributed by atoms with Gasteiger partial charge in [-0.25, -0.2) is 4.79 Å². The molecule has 0 atom stereocenters. The van der Waals surface area contributed by atoms with Crippen LogP contribution in [0.15, 0.2) is 24.3 Å². The van der Waals surface area contributed by atoms with Gasteiger partial charge in [-0.15, -0.1) is 0 Å². The van der Waals surface area contributed by atoms with Gasteiger partial charge in [-0.3, -0.25) is 0 Å². The molecule has 0 spiro atoms. The Labute approximate surface area is 125 Å². The first-order valence-electron chi connectivity index (χ1n) is 6.97. The van der Waals surface area contributed by atoms with Crippen LogP contribution in [0.4, 0.5) is 0 Å². The van der Waals surface area contributed by atoms with Crippen LogP contribution in [-0.2, 0) is 4.79 Å². The molecule has 3 nitrogen and oxygen atoms in total. The van der Waals surface area contributed by atoms with Crippen molar-refractivity contribution in [3.05, 3.63) is 34.9 Å². The zero-order valence-electron chi connectivity index (χ0n) is 11.8. The monoisotopic (exact) mass is 296 g/mol. The highest BCUT2D eigenvalue weighted by atomic mass is 35.5. The minimum absolute atomic E-state index is 0.506. The normalized spacial score (nSPS) is 10.9. The molecule has 0 saturated heterocycles. The second-order valence-electron chi connectivity index (χ2n) is 4.59. The molecule has 0 aliphatic heterocycles. The molecule has 1 rings (SSSR count). The molecule has 0 aliphatic rings. The third-order valence-electron chi connectivity index (χ3n) is 2.90. The van der Waals surface area contributed by atoms with Crippen LogP contribution in [0.5, 0.6) is 5.75 Å². The van der Waals surface area contributed by atoms with E-state index >= 15 is 0 Å². The summed E-state index contributed by atoms with van der Waals surface area (Å²) in [7, 11) is 0. The third kappa shape index (κ3) is 6.11. The van der Waals surface area contributed by atoms with Crippen molar-refractivity contribution in [1.29, 1.82) is 0 Å². The Bertz CT molecular complexity index is 455. The van der Waals surface area contributed by atoms with Crippen LogP contribution in [0.1, 0.15) is 44.6 Å². The summed E-state index contributed by atoms with van der Waals surface area (Å²) in [6, 6.07) is 5.31. The van der Waals surface area contributed by atoms with Crippen molar-refractivity contribution >= 4 is 23.6 Å². The molecule has 0 fully saturated rings. The molecule has 4 heteroatoms. The SMILES string of the molecule is CCCCCCCOc1c(Cl)cccc1/C=C/C(=O)O. The van der Waals surface area contributed by atoms with Crippen LogP contribution < -0.4 is 4.74 Å². The van der Waals surface area contributed by atoms with Gasteiger partial charge in [-0.1, -0.05) is 56.3 Å². The van der Waals surface area contributed by atoms with Crippen LogP contribution in [0.25, 0.3) is 6.08 Å². The molecular formula is C16H21ClO3. The molecule has 0 aromatic heterocycles. The van der Waals surface area contributed by atoms with Crippen molar-refractivity contribution in [3.8, 4) is 5.75 Å². The van der Waals surface area contributed by atoms with Gasteiger partial charge in [0.15, 0.2) is 0 Å². The highest BCUT2D eigenvalue weighted by Gasteiger charge is 2.06. The Balaban J connectivity index is 2.57. The summed E-state index contributed by atoms with van der Waals surface area (Å²) in [6.45, 7) is 2.78. The Kier molecular flexibility index (Phi) is 7.81. The van der Waals surface area contributed by atoms with E-state index in [2.05, 4.69) is 6.92 Å². The molecule has 0 unspecified atom stereocenters. The summed E-state index contributed by atoms with van der Waals surface area (Å²) < 4.78 is 5.70. The lowest BCUT2D eigenvalue weighted by atomic mass is 10.1. The van der Waals surface area contributed by atoms with E-state index < -0.39 is 5.97 Å². The summed E-state index contributed by atoms with van der Waals surface area (Å²) in [5, 5.41) is 9.18. The fraction of sp³-hybridized carbons (Fsp3) is 0.438. The zero-order chi connectivity index (χ0) is 14.8. The standard InChI is InChI=1S/C16H21ClO3/c1-2-3-4-5-6-12-20-16-13(10-11-15(18)19)8-7-9-14(16)17/h7-11H,2-6,12H2,1H3,(H,18,19)/b11-10+. The van der Waals surface area contributed by atoms with Gasteiger partial charge in [0.2, 0.25) is 0 Å². The lowest BCUT2D eigenvalue weighted by Gasteiger charge is -2.11. The van der Waals surface area contributed by atoms with Gasteiger partial charge in [0.25, 0.3) is 0 Å². The van der Waals surface area contributed by atoms with E-state index in [1.807, 2.05) is 0 Å². The molecule has 0 heterocycles. The van der Waals surface area contributed by atoms with Crippen molar-refractivity contribution in [2.75, 3.05) is 6.61 Å². The van der Waals surface area contributed by atoms with E-state index in [0.29, 0.717) is 22.9 Å². The van der Waals surface area contributed by atoms with Gasteiger partial charge in [0, 0.05) is 11.6 Å². The second kappa shape index (κ2) is 9.43. The maximum absolute atomic E-state index is 10.6. The number of ether oxygens (including phenoxy) is 1. The summed E-state index contributed by atoms with van der Waals surface area (Å²) in [5.74, 6) is -0.433. The average Bonchev–Trinajstić information content (AvgIpc) is 2.42. The van der Waals surface area contributed by atoms with E-state index in [-0.39, 0.29) is 0 Å². The summed E-state index contributed by atoms with van der Waals surface area (Å²) >= 11 is 6.10. The predicted octanol–water partition coefficient (Wildman–Crippen LogP) is 4.79. The number of unbranched alkanes of at least 4 members (excludes halogenated alkanes) is 4. The minimum Gasteiger partial charge on any atom is -0.491 e. The quantitative estimate of drug-likeness (QED) is 0.526. The molecule has 1 aromatic carbocycles. The van der Waals surface area contributed by atoms with E-state index in [1.165, 1.54) is 25.3 Å². The number of hydrogen-bond acceptors (Lipinski definition) is 2. The number of hydrogen-bond donors (Lipinski definition) is 1. The first-order chi connectivity index (χ1) is 9.65. The highest BCUT2D eigenvalue weighted by molar-refractivity contribution is 6.32. The van der Waals surface area contributed by atoms with Crippen LogP contribution in [0.3, 0.4) is 0 Å². The Hall–Kier alpha value is -1.48. The Morgan fingerprint density at radius 1 is 1.30 bits per heavy atom. The molecular weight excluding hydrogens is 276 g/mol. The maximum atomic E-state index is 10.6. The largest absolute Gasteiger partial charge is 0.491 e. The van der Waals surface area contributed by atoms with Crippen molar-refractivity contribution in [1.82, 2.24) is 0 Å². The Morgan fingerprint density at radius 3 is 2.75 bits per heavy atom. The predicted molar refractivity (Wildman–Crippen MR) is 82.4 cm³/mol. The number of para-hydroxylation sites is 1. The lowest BCUT2D eigenvalue weighted by Crippen LogP contribution is -1.99. The number of carbonyl (C=O) groups is 1. The van der Waals surface area contributed by atoms with Gasteiger partial charge in [0.1, 0.15) is 5.75 Å². The van der Waals surface area contributed by atoms with Crippen molar-refractivity contribution in [2.24, 2.45) is 0 Å². The van der Waals surface area contributed by atoms with Crippen LogP contribution in [0.2, 0.25) is 5.02 Å². The molecule has 0 amide bonds. The summed E-state index contributed by atoms with van der Waals surface area (Å²) in [4.78, 5) is 10.6. The number of halogens is 1. The topological polar surface area (TPSA) is 46.5 Å². The average molecular weight is 297 g/mol. The zero-order valence-corrected chi connectivity index (χ0v) is 12.5. The summed E-state index contributed by atoms with van der Waals surface area (Å²) in [6.07, 6.45) is 8.38. The molecule has 20 heavy (non-hydrogen) atoms. The third-order valence-corrected chi connectivity index (χ3v) is 3.19. The van der Waals surface area contributed by atoms with Gasteiger partial charge in [-0.05, 0) is 18.6 Å². The molecule has 1 N–H and O–H groups in total. The fourth-order valence-corrected chi connectivity index (χ4v) is 2.09. The molecule has 110 valence electrons. The minimum atomic E-state index is -0.990. The van der Waals surface area contributed by atoms with Gasteiger partial charge < -0.3 is 9.84 Å². The number of benzene rings is 1. The molecule has 0 radical (unpaired) electrons. The van der Waals surface area contributed by atoms with Crippen LogP contribution in [0, 0.1) is 0 Å². The van der Waals surface area contributed by atoms with Crippen molar-refractivity contribution < 1.29 is 14.6 Å². The van der Waals surface area contributed by atoms with E-state index in [1.54, 1.807) is 18.2 Å². The van der Waals surface area contributed by atoms with Crippen LogP contribution in [-0.4, -0.2) is 17.7 Å². The van der Waals surface area contributed by atoms with Gasteiger partial charge in [0.05, 0.1) is 11.6 Å². The number of carboxylic acids is 1. The number of rotatable bonds is 9. The smallest absolute Gasteiger partial charge is 0.328 e. The summed E-state index contributed by atoms with van der Waals surface area (Å²) in [5.41, 5.74) is 0.688. The van der Waals surface area contributed by atoms with Gasteiger partial charge in [-0.2, -0.15) is 0 Å². The van der Waals surface area contributed by atoms with Crippen molar-refractivity contribution in [2.45, 2.75) is 39.0 Å². The molecule has 0 aliphatic carbocycles.